The Labute approximate surface area is 177 Å². The van der Waals surface area contributed by atoms with Crippen molar-refractivity contribution in [3.63, 3.8) is 0 Å². The van der Waals surface area contributed by atoms with E-state index in [1.807, 2.05) is 0 Å². The Morgan fingerprint density at radius 3 is 2.72 bits per heavy atom. The first kappa shape index (κ1) is 20.9. The van der Waals surface area contributed by atoms with Crippen LogP contribution in [0.3, 0.4) is 0 Å². The van der Waals surface area contributed by atoms with Gasteiger partial charge in [-0.3, -0.25) is 9.59 Å². The van der Waals surface area contributed by atoms with Crippen LogP contribution in [0.4, 0.5) is 5.69 Å². The number of halogens is 2. The fraction of sp³-hybridized carbons (Fsp3) is 0.150. The first-order valence-electron chi connectivity index (χ1n) is 8.69. The van der Waals surface area contributed by atoms with E-state index in [-0.39, 0.29) is 18.4 Å². The van der Waals surface area contributed by atoms with Gasteiger partial charge >= 0.3 is 0 Å². The molecule has 1 heterocycles. The smallest absolute Gasteiger partial charge is 0.253 e. The van der Waals surface area contributed by atoms with Crippen LogP contribution in [0.5, 0.6) is 0 Å². The minimum atomic E-state index is -0.289. The zero-order chi connectivity index (χ0) is 20.8. The number of anilines is 1. The topological polar surface area (TPSA) is 96.3 Å². The molecule has 0 aliphatic heterocycles. The summed E-state index contributed by atoms with van der Waals surface area (Å²) >= 11 is 12.1. The third-order valence-corrected chi connectivity index (χ3v) is 4.54. The van der Waals surface area contributed by atoms with Gasteiger partial charge in [-0.2, -0.15) is 0 Å². The van der Waals surface area contributed by atoms with E-state index in [0.29, 0.717) is 45.0 Å². The van der Waals surface area contributed by atoms with Crippen molar-refractivity contribution in [3.8, 4) is 11.5 Å². The largest absolute Gasteiger partial charge is 0.444 e. The van der Waals surface area contributed by atoms with Crippen molar-refractivity contribution in [3.05, 3.63) is 70.0 Å². The highest BCUT2D eigenvalue weighted by Gasteiger charge is 2.13. The number of hydrogen-bond donors (Lipinski definition) is 3. The molecule has 0 fully saturated rings. The van der Waals surface area contributed by atoms with E-state index in [0.717, 1.165) is 0 Å². The standard InChI is InChI=1S/C20H18Cl2N4O3/c1-23-19(28)14-4-2-3-5-17(14)26-18(27)10-24-9-13-11-29-20(25-13)15-8-12(21)6-7-16(15)22/h2-8,11,24H,9-10H2,1H3,(H,23,28)(H,26,27). The van der Waals surface area contributed by atoms with Crippen molar-refractivity contribution >= 4 is 40.7 Å². The van der Waals surface area contributed by atoms with E-state index >= 15 is 0 Å². The zero-order valence-electron chi connectivity index (χ0n) is 15.5. The van der Waals surface area contributed by atoms with Gasteiger partial charge in [0.1, 0.15) is 6.26 Å². The van der Waals surface area contributed by atoms with Crippen LogP contribution in [-0.2, 0) is 11.3 Å². The summed E-state index contributed by atoms with van der Waals surface area (Å²) in [6.45, 7) is 0.342. The monoisotopic (exact) mass is 432 g/mol. The summed E-state index contributed by atoms with van der Waals surface area (Å²) in [6, 6.07) is 11.8. The number of benzene rings is 2. The van der Waals surface area contributed by atoms with Crippen LogP contribution in [-0.4, -0.2) is 30.4 Å². The Kier molecular flexibility index (Phi) is 6.87. The molecule has 2 amide bonds. The predicted octanol–water partition coefficient (Wildman–Crippen LogP) is 3.74. The number of nitrogens with zero attached hydrogens (tertiary/aromatic N) is 1. The molecular formula is C20H18Cl2N4O3. The molecule has 3 N–H and O–H groups in total. The van der Waals surface area contributed by atoms with Crippen LogP contribution in [0, 0.1) is 0 Å². The second-order valence-corrected chi connectivity index (χ2v) is 6.89. The van der Waals surface area contributed by atoms with Crippen molar-refractivity contribution in [2.45, 2.75) is 6.54 Å². The Hall–Kier alpha value is -2.87. The summed E-state index contributed by atoms with van der Waals surface area (Å²) in [6.07, 6.45) is 1.48. The molecule has 0 atom stereocenters. The average Bonchev–Trinajstić information content (AvgIpc) is 3.18. The van der Waals surface area contributed by atoms with Gasteiger partial charge in [-0.1, -0.05) is 35.3 Å². The van der Waals surface area contributed by atoms with Gasteiger partial charge in [0.2, 0.25) is 11.8 Å². The molecule has 29 heavy (non-hydrogen) atoms. The van der Waals surface area contributed by atoms with Crippen molar-refractivity contribution < 1.29 is 14.0 Å². The number of carbonyl (C=O) groups excluding carboxylic acids is 2. The highest BCUT2D eigenvalue weighted by atomic mass is 35.5. The molecule has 0 saturated heterocycles. The van der Waals surface area contributed by atoms with Crippen LogP contribution >= 0.6 is 23.2 Å². The van der Waals surface area contributed by atoms with Gasteiger partial charge in [0.05, 0.1) is 34.1 Å². The van der Waals surface area contributed by atoms with Gasteiger partial charge in [0.25, 0.3) is 5.91 Å². The lowest BCUT2D eigenvalue weighted by Gasteiger charge is -2.10. The van der Waals surface area contributed by atoms with Gasteiger partial charge in [-0.05, 0) is 30.3 Å². The third kappa shape index (κ3) is 5.35. The van der Waals surface area contributed by atoms with Crippen LogP contribution in [0.15, 0.2) is 53.1 Å². The minimum Gasteiger partial charge on any atom is -0.444 e. The number of carbonyl (C=O) groups is 2. The van der Waals surface area contributed by atoms with E-state index in [2.05, 4.69) is 20.9 Å². The fourth-order valence-electron chi connectivity index (χ4n) is 2.60. The molecule has 3 aromatic rings. The maximum absolute atomic E-state index is 12.2. The molecule has 0 saturated carbocycles. The van der Waals surface area contributed by atoms with E-state index < -0.39 is 0 Å². The maximum atomic E-state index is 12.2. The van der Waals surface area contributed by atoms with Crippen molar-refractivity contribution in [2.75, 3.05) is 18.9 Å². The second kappa shape index (κ2) is 9.56. The number of aromatic nitrogens is 1. The predicted molar refractivity (Wildman–Crippen MR) is 112 cm³/mol. The zero-order valence-corrected chi connectivity index (χ0v) is 17.0. The molecule has 0 aliphatic rings. The first-order chi connectivity index (χ1) is 14.0. The fourth-order valence-corrected chi connectivity index (χ4v) is 2.97. The Bertz CT molecular complexity index is 1040. The SMILES string of the molecule is CNC(=O)c1ccccc1NC(=O)CNCc1coc(-c2cc(Cl)ccc2Cl)n1. The molecule has 0 bridgehead atoms. The Morgan fingerprint density at radius 1 is 1.14 bits per heavy atom. The van der Waals surface area contributed by atoms with E-state index in [9.17, 15) is 9.59 Å². The Balaban J connectivity index is 1.56. The lowest BCUT2D eigenvalue weighted by molar-refractivity contribution is -0.115. The molecule has 7 nitrogen and oxygen atoms in total. The van der Waals surface area contributed by atoms with Gasteiger partial charge in [-0.15, -0.1) is 0 Å². The van der Waals surface area contributed by atoms with Gasteiger partial charge < -0.3 is 20.4 Å². The summed E-state index contributed by atoms with van der Waals surface area (Å²) in [7, 11) is 1.53. The molecule has 2 aromatic carbocycles. The number of hydrogen-bond acceptors (Lipinski definition) is 5. The summed E-state index contributed by atoms with van der Waals surface area (Å²) < 4.78 is 5.45. The normalized spacial score (nSPS) is 10.6. The quantitative estimate of drug-likeness (QED) is 0.528. The van der Waals surface area contributed by atoms with Crippen LogP contribution in [0.2, 0.25) is 10.0 Å². The highest BCUT2D eigenvalue weighted by molar-refractivity contribution is 6.35. The van der Waals surface area contributed by atoms with Crippen molar-refractivity contribution in [1.29, 1.82) is 0 Å². The number of rotatable bonds is 7. The third-order valence-electron chi connectivity index (χ3n) is 3.98. The van der Waals surface area contributed by atoms with Crippen LogP contribution in [0.25, 0.3) is 11.5 Å². The molecule has 0 aliphatic carbocycles. The summed E-state index contributed by atoms with van der Waals surface area (Å²) in [5, 5.41) is 9.24. The number of oxazole rings is 1. The number of nitrogens with one attached hydrogen (secondary N) is 3. The van der Waals surface area contributed by atoms with E-state index in [1.54, 1.807) is 42.5 Å². The second-order valence-electron chi connectivity index (χ2n) is 6.04. The number of amides is 2. The lowest BCUT2D eigenvalue weighted by Crippen LogP contribution is -2.29. The summed E-state index contributed by atoms with van der Waals surface area (Å²) in [5.74, 6) is -0.218. The first-order valence-corrected chi connectivity index (χ1v) is 9.45. The molecule has 3 rings (SSSR count). The minimum absolute atomic E-state index is 0.0300. The lowest BCUT2D eigenvalue weighted by atomic mass is 10.1. The maximum Gasteiger partial charge on any atom is 0.253 e. The summed E-state index contributed by atoms with van der Waals surface area (Å²) in [5.41, 5.74) is 2.03. The van der Waals surface area contributed by atoms with E-state index in [1.165, 1.54) is 13.3 Å². The summed E-state index contributed by atoms with van der Waals surface area (Å²) in [4.78, 5) is 28.4. The van der Waals surface area contributed by atoms with Crippen molar-refractivity contribution in [2.24, 2.45) is 0 Å². The molecule has 0 unspecified atom stereocenters. The van der Waals surface area contributed by atoms with Crippen LogP contribution in [0.1, 0.15) is 16.1 Å². The van der Waals surface area contributed by atoms with Crippen molar-refractivity contribution in [1.82, 2.24) is 15.6 Å². The van der Waals surface area contributed by atoms with Gasteiger partial charge in [0.15, 0.2) is 0 Å². The molecule has 0 radical (unpaired) electrons. The molecule has 1 aromatic heterocycles. The molecule has 150 valence electrons. The molecule has 0 spiro atoms. The Morgan fingerprint density at radius 2 is 1.93 bits per heavy atom. The van der Waals surface area contributed by atoms with Gasteiger partial charge in [0, 0.05) is 18.6 Å². The number of para-hydroxylation sites is 1. The highest BCUT2D eigenvalue weighted by Crippen LogP contribution is 2.29. The van der Waals surface area contributed by atoms with E-state index in [4.69, 9.17) is 27.6 Å². The molecular weight excluding hydrogens is 415 g/mol. The molecule has 9 heteroatoms. The van der Waals surface area contributed by atoms with Crippen LogP contribution < -0.4 is 16.0 Å². The van der Waals surface area contributed by atoms with Gasteiger partial charge in [-0.25, -0.2) is 4.98 Å². The average molecular weight is 433 g/mol.